The number of anilines is 1. The van der Waals surface area contributed by atoms with Crippen molar-refractivity contribution in [1.29, 1.82) is 0 Å². The van der Waals surface area contributed by atoms with Crippen LogP contribution in [0.4, 0.5) is 5.69 Å². The van der Waals surface area contributed by atoms with E-state index in [1.54, 1.807) is 7.11 Å². The van der Waals surface area contributed by atoms with Gasteiger partial charge >= 0.3 is 0 Å². The van der Waals surface area contributed by atoms with Gasteiger partial charge in [-0.1, -0.05) is 18.2 Å². The van der Waals surface area contributed by atoms with Crippen molar-refractivity contribution in [3.8, 4) is 5.75 Å². The molecule has 4 heterocycles. The number of nitrogens with zero attached hydrogens (tertiary/aromatic N) is 2. The molecule has 124 valence electrons. The third-order valence-electron chi connectivity index (χ3n) is 7.53. The minimum absolute atomic E-state index is 0.0203. The largest absolute Gasteiger partial charge is 0.497 e. The minimum atomic E-state index is -0.110. The van der Waals surface area contributed by atoms with Gasteiger partial charge in [-0.25, -0.2) is 0 Å². The summed E-state index contributed by atoms with van der Waals surface area (Å²) in [4.78, 5) is 18.0. The Kier molecular flexibility index (Phi) is 2.27. The van der Waals surface area contributed by atoms with Crippen LogP contribution in [0.2, 0.25) is 0 Å². The molecule has 4 atom stereocenters. The number of benzene rings is 1. The molecule has 5 aliphatic rings. The highest BCUT2D eigenvalue weighted by Crippen LogP contribution is 2.71. The maximum atomic E-state index is 13.2. The molecule has 2 saturated heterocycles. The first-order valence-electron chi connectivity index (χ1n) is 9.15. The fourth-order valence-corrected chi connectivity index (χ4v) is 6.90. The molecule has 1 saturated carbocycles. The number of hydrogen-bond donors (Lipinski definition) is 0. The maximum Gasteiger partial charge on any atom is 0.229 e. The van der Waals surface area contributed by atoms with Crippen LogP contribution in [-0.2, 0) is 4.79 Å². The van der Waals surface area contributed by atoms with Crippen LogP contribution >= 0.6 is 0 Å². The van der Waals surface area contributed by atoms with Crippen molar-refractivity contribution < 1.29 is 9.53 Å². The van der Waals surface area contributed by atoms with Crippen LogP contribution in [-0.4, -0.2) is 36.7 Å². The smallest absolute Gasteiger partial charge is 0.229 e. The second kappa shape index (κ2) is 4.05. The summed E-state index contributed by atoms with van der Waals surface area (Å²) in [6.07, 6.45) is 8.97. The fraction of sp³-hybridized carbons (Fsp3) is 0.550. The summed E-state index contributed by atoms with van der Waals surface area (Å²) < 4.78 is 5.48. The molecule has 4 heteroatoms. The zero-order chi connectivity index (χ0) is 16.1. The molecule has 24 heavy (non-hydrogen) atoms. The summed E-state index contributed by atoms with van der Waals surface area (Å²) in [7, 11) is 1.70. The Labute approximate surface area is 142 Å². The highest BCUT2D eigenvalue weighted by molar-refractivity contribution is 6.01. The van der Waals surface area contributed by atoms with E-state index in [1.807, 2.05) is 0 Å². The average Bonchev–Trinajstić information content (AvgIpc) is 3.06. The van der Waals surface area contributed by atoms with Gasteiger partial charge < -0.3 is 4.74 Å². The number of fused-ring (bicyclic) bond motifs is 3. The molecule has 2 unspecified atom stereocenters. The van der Waals surface area contributed by atoms with E-state index in [1.165, 1.54) is 18.4 Å². The number of piperidine rings is 1. The summed E-state index contributed by atoms with van der Waals surface area (Å²) in [5.74, 6) is 2.30. The van der Waals surface area contributed by atoms with Gasteiger partial charge in [0, 0.05) is 36.9 Å². The lowest BCUT2D eigenvalue weighted by Crippen LogP contribution is -2.72. The van der Waals surface area contributed by atoms with Gasteiger partial charge in [-0.2, -0.15) is 0 Å². The Hall–Kier alpha value is -1.81. The number of ether oxygens (including phenoxy) is 1. The monoisotopic (exact) mass is 322 g/mol. The SMILES string of the molecule is COc1ccc2c(c1)N1C(=O)C[C@]34C=CCN5CC[C@@H]2C(CC3)C514. The van der Waals surface area contributed by atoms with Crippen LogP contribution in [0.15, 0.2) is 30.4 Å². The molecule has 3 fully saturated rings. The van der Waals surface area contributed by atoms with Crippen molar-refractivity contribution in [3.63, 3.8) is 0 Å². The highest BCUT2D eigenvalue weighted by atomic mass is 16.5. The van der Waals surface area contributed by atoms with Crippen molar-refractivity contribution in [3.05, 3.63) is 35.9 Å². The molecule has 1 aromatic carbocycles. The third kappa shape index (κ3) is 1.19. The van der Waals surface area contributed by atoms with Crippen LogP contribution in [0, 0.1) is 11.3 Å². The van der Waals surface area contributed by atoms with Gasteiger partial charge in [-0.15, -0.1) is 0 Å². The summed E-state index contributed by atoms with van der Waals surface area (Å²) in [6.45, 7) is 2.08. The third-order valence-corrected chi connectivity index (χ3v) is 7.53. The van der Waals surface area contributed by atoms with Crippen molar-refractivity contribution in [2.45, 2.75) is 37.3 Å². The van der Waals surface area contributed by atoms with E-state index >= 15 is 0 Å². The minimum Gasteiger partial charge on any atom is -0.497 e. The molecule has 6 rings (SSSR count). The molecule has 1 aromatic rings. The normalized spacial score (nSPS) is 41.4. The molecule has 0 radical (unpaired) electrons. The number of carbonyl (C=O) groups excluding carboxylic acids is 1. The van der Waals surface area contributed by atoms with E-state index in [4.69, 9.17) is 4.74 Å². The molecular weight excluding hydrogens is 300 g/mol. The topological polar surface area (TPSA) is 32.8 Å². The van der Waals surface area contributed by atoms with Crippen LogP contribution < -0.4 is 9.64 Å². The molecule has 1 aliphatic carbocycles. The molecule has 1 spiro atoms. The molecular formula is C20H22N2O2. The lowest BCUT2D eigenvalue weighted by atomic mass is 9.63. The second-order valence-corrected chi connectivity index (χ2v) is 8.10. The molecule has 4 aliphatic heterocycles. The van der Waals surface area contributed by atoms with E-state index in [2.05, 4.69) is 40.2 Å². The van der Waals surface area contributed by atoms with Crippen LogP contribution in [0.25, 0.3) is 0 Å². The number of carbonyl (C=O) groups is 1. The Bertz CT molecular complexity index is 803. The van der Waals surface area contributed by atoms with E-state index in [-0.39, 0.29) is 11.1 Å². The van der Waals surface area contributed by atoms with Crippen LogP contribution in [0.3, 0.4) is 0 Å². The number of amides is 1. The van der Waals surface area contributed by atoms with Gasteiger partial charge in [0.2, 0.25) is 5.91 Å². The molecule has 1 amide bonds. The Morgan fingerprint density at radius 3 is 3.08 bits per heavy atom. The Morgan fingerprint density at radius 2 is 2.21 bits per heavy atom. The van der Waals surface area contributed by atoms with Gasteiger partial charge in [0.1, 0.15) is 11.4 Å². The van der Waals surface area contributed by atoms with Gasteiger partial charge in [0.25, 0.3) is 0 Å². The fourth-order valence-electron chi connectivity index (χ4n) is 6.90. The van der Waals surface area contributed by atoms with Gasteiger partial charge in [-0.05, 0) is 36.8 Å². The second-order valence-electron chi connectivity index (χ2n) is 8.10. The van der Waals surface area contributed by atoms with E-state index < -0.39 is 0 Å². The van der Waals surface area contributed by atoms with E-state index in [0.717, 1.165) is 30.9 Å². The van der Waals surface area contributed by atoms with E-state index in [9.17, 15) is 4.79 Å². The average molecular weight is 322 g/mol. The molecule has 2 bridgehead atoms. The van der Waals surface area contributed by atoms with Gasteiger partial charge in [0.15, 0.2) is 0 Å². The predicted molar refractivity (Wildman–Crippen MR) is 91.1 cm³/mol. The Balaban J connectivity index is 1.69. The highest BCUT2D eigenvalue weighted by Gasteiger charge is 2.75. The quantitative estimate of drug-likeness (QED) is 0.745. The summed E-state index contributed by atoms with van der Waals surface area (Å²) in [5, 5.41) is 0. The van der Waals surface area contributed by atoms with Crippen LogP contribution in [0.1, 0.15) is 37.2 Å². The Morgan fingerprint density at radius 1 is 1.29 bits per heavy atom. The lowest BCUT2D eigenvalue weighted by molar-refractivity contribution is -0.119. The predicted octanol–water partition coefficient (Wildman–Crippen LogP) is 2.90. The van der Waals surface area contributed by atoms with Crippen LogP contribution in [0.5, 0.6) is 5.75 Å². The number of rotatable bonds is 1. The molecule has 0 aromatic heterocycles. The first kappa shape index (κ1) is 13.5. The first-order chi connectivity index (χ1) is 11.7. The van der Waals surface area contributed by atoms with Crippen molar-refractivity contribution in [2.75, 3.05) is 25.1 Å². The zero-order valence-electron chi connectivity index (χ0n) is 14.0. The standard InChI is InChI=1S/C20H22N2O2/c1-24-13-3-4-15-14-6-10-21-9-2-7-19-8-5-16(14)20(19,21)22(17(15)11-13)18(23)12-19/h2-4,7,11,14,16H,5-6,8-10,12H2,1H3/t14-,16?,19-,20?/m0/s1. The zero-order valence-corrected chi connectivity index (χ0v) is 14.0. The summed E-state index contributed by atoms with van der Waals surface area (Å²) in [5.41, 5.74) is 2.39. The molecule has 0 N–H and O–H groups in total. The summed E-state index contributed by atoms with van der Waals surface area (Å²) in [6, 6.07) is 6.37. The first-order valence-corrected chi connectivity index (χ1v) is 9.15. The lowest BCUT2D eigenvalue weighted by Gasteiger charge is -2.63. The van der Waals surface area contributed by atoms with Gasteiger partial charge in [-0.3, -0.25) is 14.6 Å². The molecule has 4 nitrogen and oxygen atoms in total. The number of methoxy groups -OCH3 is 1. The van der Waals surface area contributed by atoms with Crippen molar-refractivity contribution >= 4 is 11.6 Å². The van der Waals surface area contributed by atoms with Crippen molar-refractivity contribution in [2.24, 2.45) is 11.3 Å². The maximum absolute atomic E-state index is 13.2. The van der Waals surface area contributed by atoms with E-state index in [0.29, 0.717) is 24.2 Å². The summed E-state index contributed by atoms with van der Waals surface area (Å²) >= 11 is 0. The van der Waals surface area contributed by atoms with Crippen molar-refractivity contribution in [1.82, 2.24) is 4.90 Å². The van der Waals surface area contributed by atoms with Gasteiger partial charge in [0.05, 0.1) is 12.8 Å². The number of hydrogen-bond acceptors (Lipinski definition) is 3.